The van der Waals surface area contributed by atoms with E-state index in [4.69, 9.17) is 9.47 Å². The van der Waals surface area contributed by atoms with Crippen LogP contribution in [0.25, 0.3) is 22.0 Å². The second-order valence-corrected chi connectivity index (χ2v) is 11.1. The van der Waals surface area contributed by atoms with E-state index in [1.807, 2.05) is 71.8 Å². The fourth-order valence-corrected chi connectivity index (χ4v) is 5.25. The second-order valence-electron chi connectivity index (χ2n) is 9.05. The number of anilines is 2. The summed E-state index contributed by atoms with van der Waals surface area (Å²) in [6.45, 7) is 0.160. The summed E-state index contributed by atoms with van der Waals surface area (Å²) in [5, 5.41) is 0.943. The van der Waals surface area contributed by atoms with Crippen molar-refractivity contribution < 1.29 is 17.9 Å². The van der Waals surface area contributed by atoms with E-state index in [2.05, 4.69) is 16.0 Å². The summed E-state index contributed by atoms with van der Waals surface area (Å²) in [5.74, 6) is 1.56. The van der Waals surface area contributed by atoms with Crippen LogP contribution in [0.5, 0.6) is 11.5 Å². The van der Waals surface area contributed by atoms with Gasteiger partial charge in [-0.3, -0.25) is 4.98 Å². The number of pyridine rings is 1. The summed E-state index contributed by atoms with van der Waals surface area (Å²) < 4.78 is 39.4. The Bertz CT molecular complexity index is 1700. The lowest BCUT2D eigenvalue weighted by Gasteiger charge is -2.26. The largest absolute Gasteiger partial charge is 0.497 e. The topological polar surface area (TPSA) is 89.8 Å². The Morgan fingerprint density at radius 3 is 2.21 bits per heavy atom. The molecule has 0 atom stereocenters. The zero-order chi connectivity index (χ0) is 27.6. The van der Waals surface area contributed by atoms with Crippen LogP contribution in [-0.4, -0.2) is 55.0 Å². The third-order valence-corrected chi connectivity index (χ3v) is 8.17. The summed E-state index contributed by atoms with van der Waals surface area (Å²) in [5.41, 5.74) is 4.49. The van der Waals surface area contributed by atoms with E-state index < -0.39 is 10.2 Å². The van der Waals surface area contributed by atoms with Crippen molar-refractivity contribution in [1.82, 2.24) is 18.2 Å². The minimum atomic E-state index is -3.77. The van der Waals surface area contributed by atoms with Crippen LogP contribution in [0.15, 0.2) is 91.4 Å². The Balaban J connectivity index is 1.65. The molecule has 0 radical (unpaired) electrons. The van der Waals surface area contributed by atoms with Crippen LogP contribution in [0.4, 0.5) is 11.4 Å². The molecular weight excluding hydrogens is 514 g/mol. The first-order chi connectivity index (χ1) is 18.8. The van der Waals surface area contributed by atoms with Crippen molar-refractivity contribution in [2.75, 3.05) is 33.2 Å². The Kier molecular flexibility index (Phi) is 7.23. The number of fused-ring (bicyclic) bond motifs is 1. The standard InChI is InChI=1S/C29H29N5O4S/c1-32(2)39(35,36)34-13-12-30-29(34)20-33(25-16-26(37-3)18-27(17-25)38-4)24-10-11-28-22(15-24)14-23(19-31-28)21-8-6-5-7-9-21/h5-19H,20H2,1-4H3. The third kappa shape index (κ3) is 5.29. The lowest BCUT2D eigenvalue weighted by atomic mass is 10.0. The molecule has 0 bridgehead atoms. The van der Waals surface area contributed by atoms with Gasteiger partial charge >= 0.3 is 10.2 Å². The maximum atomic E-state index is 13.0. The average molecular weight is 544 g/mol. The van der Waals surface area contributed by atoms with Gasteiger partial charge in [-0.05, 0) is 29.8 Å². The zero-order valence-electron chi connectivity index (χ0n) is 22.1. The first kappa shape index (κ1) is 26.2. The fourth-order valence-electron chi connectivity index (χ4n) is 4.32. The molecule has 0 aliphatic carbocycles. The minimum absolute atomic E-state index is 0.160. The number of methoxy groups -OCH3 is 2. The molecule has 200 valence electrons. The molecule has 9 nitrogen and oxygen atoms in total. The number of hydrogen-bond donors (Lipinski definition) is 0. The maximum Gasteiger partial charge on any atom is 0.308 e. The molecule has 0 amide bonds. The molecule has 0 unspecified atom stereocenters. The maximum absolute atomic E-state index is 13.0. The molecule has 2 aromatic heterocycles. The van der Waals surface area contributed by atoms with Gasteiger partial charge in [0.15, 0.2) is 0 Å². The summed E-state index contributed by atoms with van der Waals surface area (Å²) >= 11 is 0. The Labute approximate surface area is 228 Å². The first-order valence-electron chi connectivity index (χ1n) is 12.2. The molecule has 10 heteroatoms. The average Bonchev–Trinajstić information content (AvgIpc) is 3.44. The van der Waals surface area contributed by atoms with Gasteiger partial charge in [0, 0.05) is 73.2 Å². The highest BCUT2D eigenvalue weighted by atomic mass is 32.2. The number of nitrogens with zero attached hydrogens (tertiary/aromatic N) is 5. The Morgan fingerprint density at radius 2 is 1.54 bits per heavy atom. The quantitative estimate of drug-likeness (QED) is 0.255. The Morgan fingerprint density at radius 1 is 0.821 bits per heavy atom. The van der Waals surface area contributed by atoms with Gasteiger partial charge in [0.25, 0.3) is 0 Å². The number of ether oxygens (including phenoxy) is 2. The van der Waals surface area contributed by atoms with Crippen molar-refractivity contribution in [2.24, 2.45) is 0 Å². The van der Waals surface area contributed by atoms with Gasteiger partial charge in [-0.25, -0.2) is 8.96 Å². The smallest absolute Gasteiger partial charge is 0.308 e. The lowest BCUT2D eigenvalue weighted by molar-refractivity contribution is 0.394. The minimum Gasteiger partial charge on any atom is -0.497 e. The van der Waals surface area contributed by atoms with Crippen molar-refractivity contribution in [1.29, 1.82) is 0 Å². The number of aromatic nitrogens is 3. The molecule has 0 N–H and O–H groups in total. The van der Waals surface area contributed by atoms with Crippen LogP contribution < -0.4 is 14.4 Å². The van der Waals surface area contributed by atoms with Gasteiger partial charge in [0.1, 0.15) is 17.3 Å². The van der Waals surface area contributed by atoms with E-state index in [1.165, 1.54) is 30.5 Å². The molecular formula is C29H29N5O4S. The molecule has 39 heavy (non-hydrogen) atoms. The van der Waals surface area contributed by atoms with E-state index in [0.717, 1.165) is 37.7 Å². The van der Waals surface area contributed by atoms with Crippen LogP contribution in [-0.2, 0) is 16.8 Å². The third-order valence-electron chi connectivity index (χ3n) is 6.42. The van der Waals surface area contributed by atoms with Gasteiger partial charge in [-0.1, -0.05) is 30.3 Å². The van der Waals surface area contributed by atoms with Gasteiger partial charge in [-0.2, -0.15) is 12.7 Å². The molecule has 2 heterocycles. The van der Waals surface area contributed by atoms with Crippen LogP contribution in [0, 0.1) is 0 Å². The summed E-state index contributed by atoms with van der Waals surface area (Å²) in [6.07, 6.45) is 4.80. The molecule has 0 aliphatic rings. The van der Waals surface area contributed by atoms with Gasteiger partial charge in [0.05, 0.1) is 26.3 Å². The van der Waals surface area contributed by atoms with Crippen LogP contribution >= 0.6 is 0 Å². The van der Waals surface area contributed by atoms with Crippen molar-refractivity contribution in [3.63, 3.8) is 0 Å². The van der Waals surface area contributed by atoms with E-state index in [1.54, 1.807) is 20.3 Å². The van der Waals surface area contributed by atoms with Gasteiger partial charge in [0.2, 0.25) is 0 Å². The molecule has 5 rings (SSSR count). The second kappa shape index (κ2) is 10.8. The predicted octanol–water partition coefficient (Wildman–Crippen LogP) is 5.11. The fraction of sp³-hybridized carbons (Fsp3) is 0.172. The molecule has 0 saturated heterocycles. The SMILES string of the molecule is COc1cc(OC)cc(N(Cc2nccn2S(=O)(=O)N(C)C)c2ccc3ncc(-c4ccccc4)cc3c2)c1. The Hall–Kier alpha value is -4.41. The van der Waals surface area contributed by atoms with Crippen LogP contribution in [0.3, 0.4) is 0 Å². The summed E-state index contributed by atoms with van der Waals surface area (Å²) in [4.78, 5) is 11.0. The summed E-state index contributed by atoms with van der Waals surface area (Å²) in [7, 11) is 2.39. The summed E-state index contributed by atoms with van der Waals surface area (Å²) in [6, 6.07) is 23.7. The molecule has 5 aromatic rings. The van der Waals surface area contributed by atoms with Crippen molar-refractivity contribution in [3.8, 4) is 22.6 Å². The van der Waals surface area contributed by atoms with Crippen LogP contribution in [0.2, 0.25) is 0 Å². The molecule has 0 saturated carbocycles. The number of benzene rings is 3. The molecule has 0 spiro atoms. The first-order valence-corrected chi connectivity index (χ1v) is 13.6. The highest BCUT2D eigenvalue weighted by Gasteiger charge is 2.23. The van der Waals surface area contributed by atoms with Gasteiger partial charge in [-0.15, -0.1) is 0 Å². The normalized spacial score (nSPS) is 11.6. The monoisotopic (exact) mass is 543 g/mol. The number of imidazole rings is 1. The number of hydrogen-bond acceptors (Lipinski definition) is 7. The van der Waals surface area contributed by atoms with E-state index in [-0.39, 0.29) is 6.54 Å². The van der Waals surface area contributed by atoms with E-state index in [9.17, 15) is 8.42 Å². The molecule has 3 aromatic carbocycles. The molecule has 0 aliphatic heterocycles. The van der Waals surface area contributed by atoms with Crippen molar-refractivity contribution in [2.45, 2.75) is 6.54 Å². The van der Waals surface area contributed by atoms with Crippen molar-refractivity contribution in [3.05, 3.63) is 97.2 Å². The zero-order valence-corrected chi connectivity index (χ0v) is 23.0. The highest BCUT2D eigenvalue weighted by Crippen LogP contribution is 2.36. The lowest BCUT2D eigenvalue weighted by Crippen LogP contribution is -2.31. The van der Waals surface area contributed by atoms with Crippen molar-refractivity contribution >= 4 is 32.5 Å². The van der Waals surface area contributed by atoms with Gasteiger partial charge < -0.3 is 14.4 Å². The highest BCUT2D eigenvalue weighted by molar-refractivity contribution is 7.87. The van der Waals surface area contributed by atoms with E-state index in [0.29, 0.717) is 17.3 Å². The number of rotatable bonds is 9. The molecule has 0 fully saturated rings. The van der Waals surface area contributed by atoms with E-state index >= 15 is 0 Å². The predicted molar refractivity (Wildman–Crippen MR) is 153 cm³/mol. The van der Waals surface area contributed by atoms with Crippen LogP contribution in [0.1, 0.15) is 5.82 Å².